The number of hydrogen-bond acceptors (Lipinski definition) is 4. The molecule has 0 spiro atoms. The van der Waals surface area contributed by atoms with Crippen molar-refractivity contribution < 1.29 is 18.7 Å². The lowest BCUT2D eigenvalue weighted by atomic mass is 9.78. The topological polar surface area (TPSA) is 55.8 Å². The Hall–Kier alpha value is -0.830. The van der Waals surface area contributed by atoms with Crippen LogP contribution in [0, 0.1) is 0 Å². The largest absolute Gasteiger partial charge is 0.507 e. The minimum absolute atomic E-state index is 0.144. The van der Waals surface area contributed by atoms with Crippen molar-refractivity contribution in [2.75, 3.05) is 20.4 Å². The van der Waals surface area contributed by atoms with Crippen molar-refractivity contribution in [3.05, 3.63) is 28.8 Å². The molecule has 0 aromatic heterocycles. The monoisotopic (exact) mass is 356 g/mol. The van der Waals surface area contributed by atoms with Crippen molar-refractivity contribution in [2.24, 2.45) is 0 Å². The number of aromatic hydroxyl groups is 1. The van der Waals surface area contributed by atoms with Gasteiger partial charge in [-0.1, -0.05) is 53.7 Å². The molecule has 1 N–H and O–H groups in total. The summed E-state index contributed by atoms with van der Waals surface area (Å²) >= 11 is 0. The maximum atomic E-state index is 12.2. The lowest BCUT2D eigenvalue weighted by Gasteiger charge is -2.28. The highest BCUT2D eigenvalue weighted by Crippen LogP contribution is 2.47. The van der Waals surface area contributed by atoms with E-state index in [0.717, 1.165) is 23.1 Å². The molecule has 4 nitrogen and oxygen atoms in total. The fourth-order valence-corrected chi connectivity index (χ4v) is 3.78. The molecule has 0 aliphatic carbocycles. The highest BCUT2D eigenvalue weighted by molar-refractivity contribution is 7.53. The Labute approximate surface area is 147 Å². The molecule has 0 saturated carbocycles. The molecule has 0 saturated heterocycles. The van der Waals surface area contributed by atoms with Crippen molar-refractivity contribution in [1.29, 1.82) is 0 Å². The predicted molar refractivity (Wildman–Crippen MR) is 100 cm³/mol. The van der Waals surface area contributed by atoms with Crippen LogP contribution >= 0.6 is 7.60 Å². The lowest BCUT2D eigenvalue weighted by molar-refractivity contribution is 0.275. The Balaban J connectivity index is 3.14. The second-order valence-corrected chi connectivity index (χ2v) is 10.7. The third kappa shape index (κ3) is 5.34. The van der Waals surface area contributed by atoms with Crippen LogP contribution in [0.25, 0.3) is 0 Å². The number of hydrogen-bond donors (Lipinski definition) is 1. The molecular weight excluding hydrogens is 323 g/mol. The Bertz CT molecular complexity index is 566. The van der Waals surface area contributed by atoms with Crippen molar-refractivity contribution in [2.45, 2.75) is 65.2 Å². The molecule has 0 heterocycles. The maximum absolute atomic E-state index is 12.2. The van der Waals surface area contributed by atoms with E-state index in [4.69, 9.17) is 9.05 Å². The van der Waals surface area contributed by atoms with Crippen molar-refractivity contribution in [3.8, 4) is 5.75 Å². The first-order chi connectivity index (χ1) is 10.8. The zero-order valence-corrected chi connectivity index (χ0v) is 17.3. The number of rotatable bonds is 6. The average Bonchev–Trinajstić information content (AvgIpc) is 2.46. The Morgan fingerprint density at radius 3 is 1.71 bits per heavy atom. The quantitative estimate of drug-likeness (QED) is 0.693. The highest BCUT2D eigenvalue weighted by atomic mass is 31.2. The first-order valence-corrected chi connectivity index (χ1v) is 10.1. The van der Waals surface area contributed by atoms with Gasteiger partial charge in [-0.2, -0.15) is 0 Å². The number of benzene rings is 1. The summed E-state index contributed by atoms with van der Waals surface area (Å²) in [5, 5.41) is 10.7. The summed E-state index contributed by atoms with van der Waals surface area (Å²) in [6.45, 7) is 12.6. The van der Waals surface area contributed by atoms with Gasteiger partial charge in [0.2, 0.25) is 0 Å². The summed E-state index contributed by atoms with van der Waals surface area (Å²) < 4.78 is 22.1. The molecule has 1 aromatic carbocycles. The molecular formula is C19H33O4P. The van der Waals surface area contributed by atoms with Crippen LogP contribution in [0.4, 0.5) is 0 Å². The van der Waals surface area contributed by atoms with Gasteiger partial charge in [0, 0.05) is 14.2 Å². The van der Waals surface area contributed by atoms with Crippen LogP contribution in [0.1, 0.15) is 64.7 Å². The van der Waals surface area contributed by atoms with Gasteiger partial charge in [0.1, 0.15) is 5.75 Å². The van der Waals surface area contributed by atoms with Crippen molar-refractivity contribution >= 4 is 7.60 Å². The third-order valence-electron chi connectivity index (χ3n) is 4.24. The van der Waals surface area contributed by atoms with Crippen LogP contribution in [-0.2, 0) is 30.9 Å². The van der Waals surface area contributed by atoms with Crippen LogP contribution < -0.4 is 0 Å². The minimum atomic E-state index is -2.97. The molecule has 0 atom stereocenters. The van der Waals surface area contributed by atoms with Gasteiger partial charge in [-0.15, -0.1) is 0 Å². The summed E-state index contributed by atoms with van der Waals surface area (Å²) in [6, 6.07) is 4.13. The summed E-state index contributed by atoms with van der Waals surface area (Å²) in [6.07, 6.45) is 1.86. The average molecular weight is 356 g/mol. The van der Waals surface area contributed by atoms with Crippen LogP contribution in [-0.4, -0.2) is 25.5 Å². The van der Waals surface area contributed by atoms with E-state index in [2.05, 4.69) is 53.7 Å². The number of aryl methyl sites for hydroxylation is 1. The van der Waals surface area contributed by atoms with Crippen LogP contribution in [0.5, 0.6) is 5.75 Å². The van der Waals surface area contributed by atoms with E-state index in [1.54, 1.807) is 0 Å². The van der Waals surface area contributed by atoms with Gasteiger partial charge in [0.15, 0.2) is 0 Å². The molecule has 1 rings (SSSR count). The molecule has 0 radical (unpaired) electrons. The highest BCUT2D eigenvalue weighted by Gasteiger charge is 2.27. The van der Waals surface area contributed by atoms with Crippen LogP contribution in [0.2, 0.25) is 0 Å². The maximum Gasteiger partial charge on any atom is 0.330 e. The third-order valence-corrected chi connectivity index (χ3v) is 6.22. The fourth-order valence-electron chi connectivity index (χ4n) is 2.72. The summed E-state index contributed by atoms with van der Waals surface area (Å²) in [5.74, 6) is 0.387. The van der Waals surface area contributed by atoms with Crippen molar-refractivity contribution in [3.63, 3.8) is 0 Å². The van der Waals surface area contributed by atoms with E-state index in [9.17, 15) is 9.67 Å². The van der Waals surface area contributed by atoms with Gasteiger partial charge in [-0.05, 0) is 40.4 Å². The van der Waals surface area contributed by atoms with E-state index in [0.29, 0.717) is 18.3 Å². The fraction of sp³-hybridized carbons (Fsp3) is 0.684. The van der Waals surface area contributed by atoms with Crippen LogP contribution in [0.15, 0.2) is 12.1 Å². The SMILES string of the molecule is COP(=O)(CCCc1cc(C(C)(C)C)c(O)c(C(C)(C)C)c1)OC. The molecule has 138 valence electrons. The molecule has 0 aliphatic rings. The van der Waals surface area contributed by atoms with Crippen molar-refractivity contribution in [1.82, 2.24) is 0 Å². The zero-order chi connectivity index (χ0) is 18.8. The van der Waals surface area contributed by atoms with Gasteiger partial charge in [0.05, 0.1) is 6.16 Å². The lowest BCUT2D eigenvalue weighted by Crippen LogP contribution is -2.18. The molecule has 24 heavy (non-hydrogen) atoms. The van der Waals surface area contributed by atoms with Gasteiger partial charge in [0.25, 0.3) is 0 Å². The van der Waals surface area contributed by atoms with Crippen LogP contribution in [0.3, 0.4) is 0 Å². The minimum Gasteiger partial charge on any atom is -0.507 e. The normalized spacial score (nSPS) is 13.3. The Kier molecular flexibility index (Phi) is 6.71. The van der Waals surface area contributed by atoms with E-state index in [1.165, 1.54) is 14.2 Å². The van der Waals surface area contributed by atoms with E-state index >= 15 is 0 Å². The standard InChI is InChI=1S/C19H33O4P/c1-18(2,3)15-12-14(10-9-11-24(21,22-7)23-8)13-16(17(15)20)19(4,5)6/h12-13,20H,9-11H2,1-8H3. The summed E-state index contributed by atoms with van der Waals surface area (Å²) in [4.78, 5) is 0. The second-order valence-electron chi connectivity index (χ2n) is 8.34. The Morgan fingerprint density at radius 1 is 0.958 bits per heavy atom. The molecule has 1 aromatic rings. The molecule has 5 heteroatoms. The number of phenols is 1. The number of phenolic OH excluding ortho intramolecular Hbond substituents is 1. The van der Waals surface area contributed by atoms with Gasteiger partial charge >= 0.3 is 7.60 Å². The first kappa shape index (κ1) is 21.2. The predicted octanol–water partition coefficient (Wildman–Crippen LogP) is 5.41. The van der Waals surface area contributed by atoms with E-state index < -0.39 is 7.60 Å². The smallest absolute Gasteiger partial charge is 0.330 e. The molecule has 0 unspecified atom stereocenters. The first-order valence-electron chi connectivity index (χ1n) is 8.41. The van der Waals surface area contributed by atoms with E-state index in [1.807, 2.05) is 0 Å². The van der Waals surface area contributed by atoms with Gasteiger partial charge in [-0.25, -0.2) is 0 Å². The molecule has 0 bridgehead atoms. The molecule has 0 aliphatic heterocycles. The van der Waals surface area contributed by atoms with Gasteiger partial charge in [-0.3, -0.25) is 4.57 Å². The molecule has 0 fully saturated rings. The van der Waals surface area contributed by atoms with Gasteiger partial charge < -0.3 is 14.2 Å². The molecule has 0 amide bonds. The summed E-state index contributed by atoms with van der Waals surface area (Å²) in [5.41, 5.74) is 2.75. The second kappa shape index (κ2) is 7.59. The Morgan fingerprint density at radius 2 is 1.38 bits per heavy atom. The van der Waals surface area contributed by atoms with E-state index in [-0.39, 0.29) is 10.8 Å². The zero-order valence-electron chi connectivity index (χ0n) is 16.4. The summed E-state index contributed by atoms with van der Waals surface area (Å²) in [7, 11) is -0.132.